The molecular weight excluding hydrogens is 430 g/mol. The number of benzene rings is 1. The molecule has 1 aromatic carbocycles. The van der Waals surface area contributed by atoms with Crippen molar-refractivity contribution in [3.05, 3.63) is 53.1 Å². The van der Waals surface area contributed by atoms with Crippen LogP contribution in [0.15, 0.2) is 32.5 Å². The van der Waals surface area contributed by atoms with Crippen molar-refractivity contribution in [1.82, 2.24) is 0 Å². The zero-order valence-electron chi connectivity index (χ0n) is 10.2. The van der Waals surface area contributed by atoms with Gasteiger partial charge in [0.25, 0.3) is 5.69 Å². The maximum atomic E-state index is 11.0. The molecule has 9 heteroatoms. The van der Waals surface area contributed by atoms with E-state index in [2.05, 4.69) is 31.9 Å². The van der Waals surface area contributed by atoms with Crippen LogP contribution in [-0.4, -0.2) is 16.0 Å². The maximum Gasteiger partial charge on any atom is 0.346 e. The van der Waals surface area contributed by atoms with Crippen LogP contribution in [0.5, 0.6) is 5.75 Å². The lowest BCUT2D eigenvalue weighted by Gasteiger charge is -2.10. The highest BCUT2D eigenvalue weighted by molar-refractivity contribution is 9.11. The van der Waals surface area contributed by atoms with E-state index in [9.17, 15) is 14.9 Å². The fourth-order valence-corrected chi connectivity index (χ4v) is 3.72. The quantitative estimate of drug-likeness (QED) is 0.552. The summed E-state index contributed by atoms with van der Waals surface area (Å²) in [5, 5.41) is 21.4. The second kappa shape index (κ2) is 6.54. The summed E-state index contributed by atoms with van der Waals surface area (Å²) in [5.41, 5.74) is 0.465. The highest BCUT2D eigenvalue weighted by Crippen LogP contribution is 2.37. The van der Waals surface area contributed by atoms with Crippen LogP contribution in [-0.2, 0) is 6.61 Å². The van der Waals surface area contributed by atoms with E-state index < -0.39 is 10.9 Å². The number of nitrogens with zero attached hydrogens (tertiary/aromatic N) is 1. The topological polar surface area (TPSA) is 89.7 Å². The van der Waals surface area contributed by atoms with Gasteiger partial charge in [0.05, 0.1) is 13.9 Å². The van der Waals surface area contributed by atoms with E-state index in [1.54, 1.807) is 11.4 Å². The van der Waals surface area contributed by atoms with E-state index in [1.807, 2.05) is 0 Å². The van der Waals surface area contributed by atoms with Gasteiger partial charge in [-0.25, -0.2) is 4.79 Å². The molecule has 2 aromatic rings. The summed E-state index contributed by atoms with van der Waals surface area (Å²) in [6.07, 6.45) is 0. The number of aromatic carboxylic acids is 1. The van der Waals surface area contributed by atoms with E-state index in [0.29, 0.717) is 20.3 Å². The van der Waals surface area contributed by atoms with Crippen LogP contribution < -0.4 is 4.74 Å². The first-order valence-corrected chi connectivity index (χ1v) is 7.92. The summed E-state index contributed by atoms with van der Waals surface area (Å²) in [4.78, 5) is 21.4. The van der Waals surface area contributed by atoms with Crippen molar-refractivity contribution < 1.29 is 19.6 Å². The van der Waals surface area contributed by atoms with Crippen molar-refractivity contribution in [3.63, 3.8) is 0 Å². The van der Waals surface area contributed by atoms with E-state index in [-0.39, 0.29) is 17.2 Å². The maximum absolute atomic E-state index is 11.0. The van der Waals surface area contributed by atoms with Gasteiger partial charge < -0.3 is 9.84 Å². The monoisotopic (exact) mass is 435 g/mol. The van der Waals surface area contributed by atoms with E-state index in [0.717, 1.165) is 11.3 Å². The molecule has 0 unspecified atom stereocenters. The lowest BCUT2D eigenvalue weighted by atomic mass is 10.2. The van der Waals surface area contributed by atoms with Gasteiger partial charge in [-0.05, 0) is 43.3 Å². The number of rotatable bonds is 5. The van der Waals surface area contributed by atoms with Gasteiger partial charge in [0.15, 0.2) is 0 Å². The van der Waals surface area contributed by atoms with Gasteiger partial charge >= 0.3 is 5.97 Å². The predicted molar refractivity (Wildman–Crippen MR) is 84.1 cm³/mol. The highest BCUT2D eigenvalue weighted by atomic mass is 79.9. The predicted octanol–water partition coefficient (Wildman–Crippen LogP) is 4.46. The number of carboxylic acid groups (broad SMARTS) is 1. The molecule has 0 radical (unpaired) electrons. The molecule has 110 valence electrons. The molecule has 1 aromatic heterocycles. The van der Waals surface area contributed by atoms with Crippen LogP contribution in [0, 0.1) is 10.1 Å². The third kappa shape index (κ3) is 3.60. The minimum absolute atomic E-state index is 0.0557. The third-order valence-electron chi connectivity index (χ3n) is 2.51. The molecule has 0 aliphatic rings. The summed E-state index contributed by atoms with van der Waals surface area (Å²) < 4.78 is 6.39. The molecule has 0 aliphatic carbocycles. The van der Waals surface area contributed by atoms with Crippen LogP contribution in [0.2, 0.25) is 0 Å². The fourth-order valence-electron chi connectivity index (χ4n) is 1.58. The second-order valence-corrected chi connectivity index (χ2v) is 6.49. The van der Waals surface area contributed by atoms with Gasteiger partial charge in [0, 0.05) is 17.7 Å². The fraction of sp³-hybridized carbons (Fsp3) is 0.0833. The Kier molecular flexibility index (Phi) is 4.96. The molecule has 0 bridgehead atoms. The molecule has 1 heterocycles. The van der Waals surface area contributed by atoms with Gasteiger partial charge in [-0.2, -0.15) is 0 Å². The van der Waals surface area contributed by atoms with Crippen molar-refractivity contribution in [2.24, 2.45) is 0 Å². The van der Waals surface area contributed by atoms with E-state index >= 15 is 0 Å². The molecule has 0 amide bonds. The van der Waals surface area contributed by atoms with E-state index in [4.69, 9.17) is 9.84 Å². The van der Waals surface area contributed by atoms with E-state index in [1.165, 1.54) is 12.1 Å². The molecule has 0 saturated carbocycles. The molecular formula is C12H7Br2NO5S. The van der Waals surface area contributed by atoms with Gasteiger partial charge in [-0.1, -0.05) is 0 Å². The first kappa shape index (κ1) is 15.9. The second-order valence-electron chi connectivity index (χ2n) is 3.86. The summed E-state index contributed by atoms with van der Waals surface area (Å²) >= 11 is 7.52. The van der Waals surface area contributed by atoms with Crippen molar-refractivity contribution in [3.8, 4) is 5.75 Å². The lowest BCUT2D eigenvalue weighted by molar-refractivity contribution is -0.385. The third-order valence-corrected chi connectivity index (χ3v) is 4.63. The standard InChI is InChI=1S/C12H7Br2NO5S/c13-8-3-7(15(18)19)4-9(14)10(8)20-5-6-1-2-21-11(6)12(16)17/h1-4H,5H2,(H,16,17). The molecule has 2 rings (SSSR count). The number of ether oxygens (including phenoxy) is 1. The Morgan fingerprint density at radius 1 is 1.38 bits per heavy atom. The Bertz CT molecular complexity index is 692. The van der Waals surface area contributed by atoms with Crippen molar-refractivity contribution in [1.29, 1.82) is 0 Å². The summed E-state index contributed by atoms with van der Waals surface area (Å²) in [7, 11) is 0. The molecule has 21 heavy (non-hydrogen) atoms. The van der Waals surface area contributed by atoms with Crippen molar-refractivity contribution in [2.45, 2.75) is 6.61 Å². The highest BCUT2D eigenvalue weighted by Gasteiger charge is 2.17. The van der Waals surface area contributed by atoms with Crippen molar-refractivity contribution in [2.75, 3.05) is 0 Å². The van der Waals surface area contributed by atoms with Crippen LogP contribution in [0.1, 0.15) is 15.2 Å². The number of nitro benzene ring substituents is 1. The number of carboxylic acids is 1. The Labute approximate surface area is 139 Å². The van der Waals surface area contributed by atoms with Gasteiger partial charge in [-0.15, -0.1) is 11.3 Å². The number of thiophene rings is 1. The zero-order chi connectivity index (χ0) is 15.6. The number of hydrogen-bond donors (Lipinski definition) is 1. The minimum atomic E-state index is -1.01. The summed E-state index contributed by atoms with van der Waals surface area (Å²) in [5.74, 6) is -0.631. The Morgan fingerprint density at radius 3 is 2.52 bits per heavy atom. The number of non-ortho nitro benzene ring substituents is 1. The molecule has 1 N–H and O–H groups in total. The lowest BCUT2D eigenvalue weighted by Crippen LogP contribution is -2.02. The Morgan fingerprint density at radius 2 is 2.00 bits per heavy atom. The van der Waals surface area contributed by atoms with Crippen LogP contribution in [0.3, 0.4) is 0 Å². The average Bonchev–Trinajstić information content (AvgIpc) is 2.86. The number of halogens is 2. The zero-order valence-corrected chi connectivity index (χ0v) is 14.2. The number of hydrogen-bond acceptors (Lipinski definition) is 5. The molecule has 0 fully saturated rings. The average molecular weight is 437 g/mol. The van der Waals surface area contributed by atoms with Crippen LogP contribution in [0.4, 0.5) is 5.69 Å². The minimum Gasteiger partial charge on any atom is -0.486 e. The van der Waals surface area contributed by atoms with Gasteiger partial charge in [0.2, 0.25) is 0 Å². The molecule has 6 nitrogen and oxygen atoms in total. The normalized spacial score (nSPS) is 10.4. The largest absolute Gasteiger partial charge is 0.486 e. The summed E-state index contributed by atoms with van der Waals surface area (Å²) in [6.45, 7) is 0.0557. The molecule has 0 aliphatic heterocycles. The van der Waals surface area contributed by atoms with Gasteiger partial charge in [0.1, 0.15) is 17.2 Å². The smallest absolute Gasteiger partial charge is 0.346 e. The van der Waals surface area contributed by atoms with Crippen molar-refractivity contribution >= 4 is 54.9 Å². The number of carbonyl (C=O) groups is 1. The molecule has 0 atom stereocenters. The first-order chi connectivity index (χ1) is 9.90. The number of nitro groups is 1. The Balaban J connectivity index is 2.22. The van der Waals surface area contributed by atoms with Crippen LogP contribution in [0.25, 0.3) is 0 Å². The SMILES string of the molecule is O=C(O)c1sccc1COc1c(Br)cc([N+](=O)[O-])cc1Br. The van der Waals surface area contributed by atoms with Gasteiger partial charge in [-0.3, -0.25) is 10.1 Å². The first-order valence-electron chi connectivity index (χ1n) is 5.46. The Hall–Kier alpha value is -1.45. The summed E-state index contributed by atoms with van der Waals surface area (Å²) in [6, 6.07) is 4.32. The molecule has 0 saturated heterocycles. The van der Waals surface area contributed by atoms with Crippen LogP contribution >= 0.6 is 43.2 Å². The molecule has 0 spiro atoms.